The highest BCUT2D eigenvalue weighted by atomic mass is 32.2. The minimum atomic E-state index is -3.29. The fraction of sp³-hybridized carbons (Fsp3) is 0.333. The number of sulfone groups is 1. The maximum absolute atomic E-state index is 12.1. The molecule has 1 N–H and O–H groups in total. The monoisotopic (exact) mass is 298 g/mol. The van der Waals surface area contributed by atoms with Crippen molar-refractivity contribution in [3.8, 4) is 0 Å². The molecule has 0 atom stereocenters. The third kappa shape index (κ3) is 2.35. The summed E-state index contributed by atoms with van der Waals surface area (Å²) in [4.78, 5) is 15.2. The maximum Gasteiger partial charge on any atom is 0.262 e. The number of nitrogens with zero attached hydrogens (tertiary/aromatic N) is 1. The van der Waals surface area contributed by atoms with E-state index in [2.05, 4.69) is 4.98 Å². The number of aromatic amines is 1. The second kappa shape index (κ2) is 4.90. The highest BCUT2D eigenvalue weighted by molar-refractivity contribution is 7.91. The lowest BCUT2D eigenvalue weighted by molar-refractivity contribution is 0.597. The standard InChI is InChI=1S/C12H14N2O3S2/c1-3-14-11(15)9-6-5-8(19(16,17)4-2)7-10(9)13-12(14)18/h5-7H,3-4H2,1-2H3,(H,13,18). The number of aromatic nitrogens is 2. The quantitative estimate of drug-likeness (QED) is 0.878. The first-order chi connectivity index (χ1) is 8.90. The van der Waals surface area contributed by atoms with E-state index in [0.29, 0.717) is 22.2 Å². The zero-order chi connectivity index (χ0) is 14.2. The van der Waals surface area contributed by atoms with E-state index >= 15 is 0 Å². The molecule has 0 fully saturated rings. The van der Waals surface area contributed by atoms with Crippen LogP contribution in [0.1, 0.15) is 13.8 Å². The normalized spacial score (nSPS) is 11.9. The molecule has 2 rings (SSSR count). The van der Waals surface area contributed by atoms with Crippen molar-refractivity contribution in [2.45, 2.75) is 25.3 Å². The zero-order valence-corrected chi connectivity index (χ0v) is 12.3. The molecule has 102 valence electrons. The summed E-state index contributed by atoms with van der Waals surface area (Å²) in [6.07, 6.45) is 0. The number of fused-ring (bicyclic) bond motifs is 1. The lowest BCUT2D eigenvalue weighted by Crippen LogP contribution is -2.21. The van der Waals surface area contributed by atoms with Crippen molar-refractivity contribution in [2.75, 3.05) is 5.75 Å². The van der Waals surface area contributed by atoms with Crippen LogP contribution >= 0.6 is 12.2 Å². The Morgan fingerprint density at radius 3 is 2.58 bits per heavy atom. The molecule has 2 aromatic rings. The Morgan fingerprint density at radius 1 is 1.32 bits per heavy atom. The van der Waals surface area contributed by atoms with Gasteiger partial charge in [-0.25, -0.2) is 8.42 Å². The van der Waals surface area contributed by atoms with E-state index in [4.69, 9.17) is 12.2 Å². The summed E-state index contributed by atoms with van der Waals surface area (Å²) in [7, 11) is -3.29. The van der Waals surface area contributed by atoms with Crippen LogP contribution in [-0.2, 0) is 16.4 Å². The molecule has 0 aliphatic carbocycles. The van der Waals surface area contributed by atoms with Gasteiger partial charge in [0.15, 0.2) is 14.6 Å². The zero-order valence-electron chi connectivity index (χ0n) is 10.6. The van der Waals surface area contributed by atoms with Gasteiger partial charge in [0.1, 0.15) is 0 Å². The van der Waals surface area contributed by atoms with Crippen molar-refractivity contribution >= 4 is 33.0 Å². The van der Waals surface area contributed by atoms with Crippen LogP contribution in [0.2, 0.25) is 0 Å². The summed E-state index contributed by atoms with van der Waals surface area (Å²) in [6.45, 7) is 3.88. The molecular formula is C12H14N2O3S2. The molecule has 0 aliphatic heterocycles. The van der Waals surface area contributed by atoms with E-state index in [1.807, 2.05) is 6.92 Å². The molecule has 7 heteroatoms. The van der Waals surface area contributed by atoms with Crippen LogP contribution in [0.3, 0.4) is 0 Å². The van der Waals surface area contributed by atoms with Crippen molar-refractivity contribution in [1.29, 1.82) is 0 Å². The third-order valence-electron chi connectivity index (χ3n) is 3.01. The maximum atomic E-state index is 12.1. The van der Waals surface area contributed by atoms with Gasteiger partial charge >= 0.3 is 0 Å². The summed E-state index contributed by atoms with van der Waals surface area (Å²) in [5.74, 6) is 0.0191. The lowest BCUT2D eigenvalue weighted by atomic mass is 10.2. The molecule has 0 aliphatic rings. The highest BCUT2D eigenvalue weighted by Crippen LogP contribution is 2.16. The Balaban J connectivity index is 2.84. The molecule has 0 radical (unpaired) electrons. The van der Waals surface area contributed by atoms with Gasteiger partial charge in [0, 0.05) is 6.54 Å². The number of H-pyrrole nitrogens is 1. The predicted molar refractivity (Wildman–Crippen MR) is 76.8 cm³/mol. The van der Waals surface area contributed by atoms with Gasteiger partial charge in [-0.3, -0.25) is 9.36 Å². The van der Waals surface area contributed by atoms with Crippen LogP contribution in [0.25, 0.3) is 10.9 Å². The van der Waals surface area contributed by atoms with Crippen molar-refractivity contribution in [3.05, 3.63) is 33.3 Å². The predicted octanol–water partition coefficient (Wildman–Crippen LogP) is 1.87. The van der Waals surface area contributed by atoms with Gasteiger partial charge in [-0.2, -0.15) is 0 Å². The second-order valence-electron chi connectivity index (χ2n) is 4.09. The SMILES string of the molecule is CCn1c(=S)[nH]c2cc(S(=O)(=O)CC)ccc2c1=O. The Morgan fingerprint density at radius 2 is 2.00 bits per heavy atom. The molecule has 1 aromatic heterocycles. The number of rotatable bonds is 3. The van der Waals surface area contributed by atoms with E-state index in [-0.39, 0.29) is 16.2 Å². The molecule has 1 heterocycles. The molecule has 0 saturated carbocycles. The number of hydrogen-bond acceptors (Lipinski definition) is 4. The summed E-state index contributed by atoms with van der Waals surface area (Å²) in [5, 5.41) is 0.436. The van der Waals surface area contributed by atoms with E-state index < -0.39 is 9.84 Å². The molecule has 0 bridgehead atoms. The van der Waals surface area contributed by atoms with E-state index in [9.17, 15) is 13.2 Å². The second-order valence-corrected chi connectivity index (χ2v) is 6.76. The van der Waals surface area contributed by atoms with Gasteiger partial charge in [0.25, 0.3) is 5.56 Å². The van der Waals surface area contributed by atoms with Crippen molar-refractivity contribution < 1.29 is 8.42 Å². The Hall–Kier alpha value is -1.47. The number of benzene rings is 1. The Bertz CT molecular complexity index is 847. The van der Waals surface area contributed by atoms with Gasteiger partial charge in [-0.05, 0) is 37.3 Å². The summed E-state index contributed by atoms with van der Waals surface area (Å²) in [6, 6.07) is 4.45. The molecule has 0 saturated heterocycles. The first kappa shape index (κ1) is 14.0. The van der Waals surface area contributed by atoms with Gasteiger partial charge in [0.05, 0.1) is 21.6 Å². The van der Waals surface area contributed by atoms with Crippen LogP contribution in [-0.4, -0.2) is 23.7 Å². The Kier molecular flexibility index (Phi) is 3.60. The highest BCUT2D eigenvalue weighted by Gasteiger charge is 2.13. The minimum absolute atomic E-state index is 0.0191. The molecule has 0 spiro atoms. The molecule has 1 aromatic carbocycles. The number of nitrogens with one attached hydrogen (secondary N) is 1. The molecule has 0 amide bonds. The lowest BCUT2D eigenvalue weighted by Gasteiger charge is -2.07. The summed E-state index contributed by atoms with van der Waals surface area (Å²) < 4.78 is 25.4. The van der Waals surface area contributed by atoms with Gasteiger partial charge < -0.3 is 4.98 Å². The molecule has 0 unspecified atom stereocenters. The van der Waals surface area contributed by atoms with Crippen molar-refractivity contribution in [2.24, 2.45) is 0 Å². The van der Waals surface area contributed by atoms with Crippen LogP contribution < -0.4 is 5.56 Å². The van der Waals surface area contributed by atoms with Crippen molar-refractivity contribution in [3.63, 3.8) is 0 Å². The van der Waals surface area contributed by atoms with Crippen LogP contribution in [0, 0.1) is 4.77 Å². The first-order valence-corrected chi connectivity index (χ1v) is 7.96. The van der Waals surface area contributed by atoms with E-state index in [0.717, 1.165) is 0 Å². The molecular weight excluding hydrogens is 284 g/mol. The average Bonchev–Trinajstić information content (AvgIpc) is 2.38. The molecule has 5 nitrogen and oxygen atoms in total. The first-order valence-electron chi connectivity index (χ1n) is 5.90. The van der Waals surface area contributed by atoms with Crippen LogP contribution in [0.4, 0.5) is 0 Å². The average molecular weight is 298 g/mol. The van der Waals surface area contributed by atoms with Gasteiger partial charge in [0.2, 0.25) is 0 Å². The summed E-state index contributed by atoms with van der Waals surface area (Å²) >= 11 is 5.09. The van der Waals surface area contributed by atoms with E-state index in [1.54, 1.807) is 6.92 Å². The smallest absolute Gasteiger partial charge is 0.262 e. The van der Waals surface area contributed by atoms with Crippen molar-refractivity contribution in [1.82, 2.24) is 9.55 Å². The third-order valence-corrected chi connectivity index (χ3v) is 5.06. The van der Waals surface area contributed by atoms with Crippen LogP contribution in [0.5, 0.6) is 0 Å². The molecule has 19 heavy (non-hydrogen) atoms. The largest absolute Gasteiger partial charge is 0.332 e. The summed E-state index contributed by atoms with van der Waals surface area (Å²) in [5.41, 5.74) is 0.246. The number of hydrogen-bond donors (Lipinski definition) is 1. The fourth-order valence-electron chi connectivity index (χ4n) is 1.88. The van der Waals surface area contributed by atoms with Crippen LogP contribution in [0.15, 0.2) is 27.9 Å². The van der Waals surface area contributed by atoms with Gasteiger partial charge in [-0.1, -0.05) is 6.92 Å². The Labute approximate surface area is 115 Å². The topological polar surface area (TPSA) is 71.9 Å². The minimum Gasteiger partial charge on any atom is -0.332 e. The fourth-order valence-corrected chi connectivity index (χ4v) is 3.11. The van der Waals surface area contributed by atoms with Gasteiger partial charge in [-0.15, -0.1) is 0 Å². The van der Waals surface area contributed by atoms with E-state index in [1.165, 1.54) is 22.8 Å².